The number of aliphatic hydroxyl groups is 1. The Balaban J connectivity index is 1.43. The van der Waals surface area contributed by atoms with Gasteiger partial charge in [-0.2, -0.15) is 0 Å². The summed E-state index contributed by atoms with van der Waals surface area (Å²) in [5.41, 5.74) is 4.55. The van der Waals surface area contributed by atoms with Crippen LogP contribution in [-0.4, -0.2) is 76.9 Å². The number of hydrogen-bond donors (Lipinski definition) is 1. The first-order valence-corrected chi connectivity index (χ1v) is 12.3. The fourth-order valence-electron chi connectivity index (χ4n) is 5.66. The maximum absolute atomic E-state index is 13.4. The van der Waals surface area contributed by atoms with Crippen LogP contribution in [0.25, 0.3) is 22.3 Å². The highest BCUT2D eigenvalue weighted by Gasteiger charge is 2.35. The summed E-state index contributed by atoms with van der Waals surface area (Å²) < 4.78 is 18.4. The predicted molar refractivity (Wildman–Crippen MR) is 129 cm³/mol. The van der Waals surface area contributed by atoms with Crippen molar-refractivity contribution in [1.82, 2.24) is 19.4 Å². The second-order valence-corrected chi connectivity index (χ2v) is 9.87. The minimum Gasteiger partial charge on any atom is -0.486 e. The number of rotatable bonds is 2. The van der Waals surface area contributed by atoms with E-state index in [9.17, 15) is 14.7 Å². The Morgan fingerprint density at radius 2 is 1.75 bits per heavy atom. The molecule has 10 heteroatoms. The van der Waals surface area contributed by atoms with Crippen molar-refractivity contribution in [3.8, 4) is 22.9 Å². The van der Waals surface area contributed by atoms with Crippen LogP contribution in [0.1, 0.15) is 28.4 Å². The lowest BCUT2D eigenvalue weighted by atomic mass is 9.97. The highest BCUT2D eigenvalue weighted by molar-refractivity contribution is 5.91. The number of hydrogen-bond acceptors (Lipinski definition) is 9. The van der Waals surface area contributed by atoms with E-state index < -0.39 is 12.1 Å². The molecule has 3 aromatic rings. The lowest BCUT2D eigenvalue weighted by molar-refractivity contribution is -0.157. The van der Waals surface area contributed by atoms with Gasteiger partial charge in [-0.05, 0) is 24.7 Å². The number of likely N-dealkylation sites (N-methyl/N-ethyl adjacent to an activating group) is 1. The average molecular weight is 491 g/mol. The molecule has 1 atom stereocenters. The van der Waals surface area contributed by atoms with E-state index in [0.717, 1.165) is 54.8 Å². The van der Waals surface area contributed by atoms with Gasteiger partial charge in [-0.3, -0.25) is 9.69 Å². The van der Waals surface area contributed by atoms with Gasteiger partial charge in [0.2, 0.25) is 0 Å². The number of esters is 1. The number of fused-ring (bicyclic) bond motifs is 6. The highest BCUT2D eigenvalue weighted by atomic mass is 16.6. The summed E-state index contributed by atoms with van der Waals surface area (Å²) in [6.45, 7) is 5.84. The molecule has 1 aromatic carbocycles. The molecule has 0 radical (unpaired) electrons. The van der Waals surface area contributed by atoms with E-state index in [1.807, 2.05) is 12.1 Å². The third-order valence-electron chi connectivity index (χ3n) is 7.72. The van der Waals surface area contributed by atoms with E-state index in [1.54, 1.807) is 10.6 Å². The monoisotopic (exact) mass is 490 g/mol. The number of piperazine rings is 1. The molecule has 2 aromatic heterocycles. The fraction of sp³-hybridized carbons (Fsp3) is 0.423. The van der Waals surface area contributed by atoms with Crippen molar-refractivity contribution in [3.63, 3.8) is 0 Å². The number of carbonyl (C=O) groups excluding carboxylic acids is 1. The fourth-order valence-corrected chi connectivity index (χ4v) is 5.66. The first-order valence-electron chi connectivity index (χ1n) is 12.3. The van der Waals surface area contributed by atoms with Crippen LogP contribution >= 0.6 is 0 Å². The number of cyclic esters (lactones) is 1. The maximum atomic E-state index is 13.4. The molecule has 10 nitrogen and oxygen atoms in total. The third-order valence-corrected chi connectivity index (χ3v) is 7.72. The van der Waals surface area contributed by atoms with Gasteiger partial charge in [0.15, 0.2) is 17.6 Å². The van der Waals surface area contributed by atoms with Gasteiger partial charge >= 0.3 is 5.97 Å². The Kier molecular flexibility index (Phi) is 4.85. The predicted octanol–water partition coefficient (Wildman–Crippen LogP) is 1.03. The van der Waals surface area contributed by atoms with Crippen molar-refractivity contribution in [2.45, 2.75) is 25.8 Å². The van der Waals surface area contributed by atoms with Gasteiger partial charge in [-0.25, -0.2) is 9.78 Å². The number of aromatic nitrogens is 2. The van der Waals surface area contributed by atoms with Crippen molar-refractivity contribution in [2.75, 3.05) is 46.4 Å². The van der Waals surface area contributed by atoms with Crippen LogP contribution in [0, 0.1) is 0 Å². The van der Waals surface area contributed by atoms with Crippen LogP contribution < -0.4 is 15.0 Å². The Bertz CT molecular complexity index is 1490. The largest absolute Gasteiger partial charge is 0.486 e. The molecule has 4 aliphatic rings. The summed E-state index contributed by atoms with van der Waals surface area (Å²) in [5, 5.41) is 11.4. The summed E-state index contributed by atoms with van der Waals surface area (Å²) in [4.78, 5) is 35.2. The molecular weight excluding hydrogens is 464 g/mol. The van der Waals surface area contributed by atoms with Crippen LogP contribution in [0.2, 0.25) is 0 Å². The van der Waals surface area contributed by atoms with E-state index in [0.29, 0.717) is 53.8 Å². The Morgan fingerprint density at radius 3 is 2.53 bits per heavy atom. The number of aliphatic hydroxyl groups excluding tert-OH is 1. The van der Waals surface area contributed by atoms with Gasteiger partial charge in [0.25, 0.3) is 5.56 Å². The molecular formula is C26H26N4O6. The first-order chi connectivity index (χ1) is 17.5. The Morgan fingerprint density at radius 1 is 1.00 bits per heavy atom. The summed E-state index contributed by atoms with van der Waals surface area (Å²) in [7, 11) is 2.13. The average Bonchev–Trinajstić information content (AvgIpc) is 3.25. The summed E-state index contributed by atoms with van der Waals surface area (Å²) >= 11 is 0. The van der Waals surface area contributed by atoms with Gasteiger partial charge in [0, 0.05) is 55.3 Å². The number of benzene rings is 1. The van der Waals surface area contributed by atoms with Crippen molar-refractivity contribution in [3.05, 3.63) is 50.8 Å². The van der Waals surface area contributed by atoms with E-state index >= 15 is 0 Å². The number of nitrogens with zero attached hydrogens (tertiary/aromatic N) is 4. The SMILES string of the molecule is CN1CCN(Cc2c3c(nc4cc5c(cc24)OCCO5)-c2cc4c(c(=O)n2C3)COC(=O)[C@H]4O)CC1. The normalized spacial score (nSPS) is 21.2. The van der Waals surface area contributed by atoms with Crippen molar-refractivity contribution in [2.24, 2.45) is 0 Å². The van der Waals surface area contributed by atoms with Crippen LogP contribution in [0.15, 0.2) is 23.0 Å². The topological polar surface area (TPSA) is 106 Å². The zero-order valence-electron chi connectivity index (χ0n) is 20.0. The standard InChI is InChI=1S/C26H26N4O6/c1-28-2-4-29(5-3-28)11-16-14-9-21-22(35-7-6-34-21)10-19(14)27-23-17(16)12-30-20(23)8-15-18(25(30)32)13-36-26(33)24(15)31/h8-10,24,31H,2-7,11-13H2,1H3/t24-/m0/s1. The van der Waals surface area contributed by atoms with E-state index in [4.69, 9.17) is 19.2 Å². The molecule has 186 valence electrons. The minimum absolute atomic E-state index is 0.133. The second-order valence-electron chi connectivity index (χ2n) is 9.87. The van der Waals surface area contributed by atoms with Crippen LogP contribution in [0.4, 0.5) is 0 Å². The number of pyridine rings is 2. The van der Waals surface area contributed by atoms with E-state index in [-0.39, 0.29) is 12.2 Å². The third kappa shape index (κ3) is 3.25. The zero-order chi connectivity index (χ0) is 24.6. The van der Waals surface area contributed by atoms with Crippen LogP contribution in [0.3, 0.4) is 0 Å². The molecule has 1 saturated heterocycles. The molecule has 0 aliphatic carbocycles. The number of carbonyl (C=O) groups is 1. The van der Waals surface area contributed by atoms with Crippen LogP contribution in [0.5, 0.6) is 11.5 Å². The molecule has 1 N–H and O–H groups in total. The highest BCUT2D eigenvalue weighted by Crippen LogP contribution is 2.42. The molecule has 0 unspecified atom stereocenters. The lowest BCUT2D eigenvalue weighted by Gasteiger charge is -2.33. The van der Waals surface area contributed by atoms with E-state index in [1.165, 1.54) is 0 Å². The number of ether oxygens (including phenoxy) is 3. The van der Waals surface area contributed by atoms with Crippen molar-refractivity contribution < 1.29 is 24.1 Å². The zero-order valence-corrected chi connectivity index (χ0v) is 20.0. The molecule has 4 aliphatic heterocycles. The molecule has 0 spiro atoms. The molecule has 0 bridgehead atoms. The van der Waals surface area contributed by atoms with Crippen LogP contribution in [-0.2, 0) is 29.2 Å². The molecule has 1 fully saturated rings. The molecule has 0 amide bonds. The molecule has 36 heavy (non-hydrogen) atoms. The van der Waals surface area contributed by atoms with Gasteiger partial charge in [-0.1, -0.05) is 0 Å². The maximum Gasteiger partial charge on any atom is 0.340 e. The quantitative estimate of drug-likeness (QED) is 0.413. The lowest BCUT2D eigenvalue weighted by Crippen LogP contribution is -2.44. The van der Waals surface area contributed by atoms with Gasteiger partial charge in [-0.15, -0.1) is 0 Å². The van der Waals surface area contributed by atoms with Gasteiger partial charge < -0.3 is 28.8 Å². The Hall–Kier alpha value is -3.47. The van der Waals surface area contributed by atoms with E-state index in [2.05, 4.69) is 16.8 Å². The van der Waals surface area contributed by atoms with Crippen molar-refractivity contribution >= 4 is 16.9 Å². The minimum atomic E-state index is -1.47. The van der Waals surface area contributed by atoms with Crippen molar-refractivity contribution in [1.29, 1.82) is 0 Å². The summed E-state index contributed by atoms with van der Waals surface area (Å²) in [5.74, 6) is 0.624. The summed E-state index contributed by atoms with van der Waals surface area (Å²) in [6.07, 6.45) is -1.47. The Labute approximate surface area is 206 Å². The molecule has 6 heterocycles. The second kappa shape index (κ2) is 8.02. The molecule has 7 rings (SSSR count). The molecule has 0 saturated carbocycles. The summed E-state index contributed by atoms with van der Waals surface area (Å²) in [6, 6.07) is 5.64. The smallest absolute Gasteiger partial charge is 0.340 e. The van der Waals surface area contributed by atoms with Gasteiger partial charge in [0.05, 0.1) is 29.0 Å². The first kappa shape index (κ1) is 21.8. The van der Waals surface area contributed by atoms with Gasteiger partial charge in [0.1, 0.15) is 19.8 Å².